The van der Waals surface area contributed by atoms with E-state index in [2.05, 4.69) is 10.4 Å². The van der Waals surface area contributed by atoms with Crippen molar-refractivity contribution in [2.75, 3.05) is 12.4 Å². The van der Waals surface area contributed by atoms with E-state index in [0.29, 0.717) is 22.0 Å². The van der Waals surface area contributed by atoms with Crippen molar-refractivity contribution in [1.82, 2.24) is 9.78 Å². The summed E-state index contributed by atoms with van der Waals surface area (Å²) in [5.74, 6) is 0.297. The minimum Gasteiger partial charge on any atom is -0.495 e. The van der Waals surface area contributed by atoms with Crippen LogP contribution in [0.1, 0.15) is 10.4 Å². The summed E-state index contributed by atoms with van der Waals surface area (Å²) in [6.07, 6.45) is 3.50. The van der Waals surface area contributed by atoms with Crippen LogP contribution in [0.15, 0.2) is 60.9 Å². The molecule has 3 aromatic rings. The number of carbonyl (C=O) groups excluding carboxylic acids is 1. The van der Waals surface area contributed by atoms with Crippen LogP contribution in [-0.2, 0) is 0 Å². The van der Waals surface area contributed by atoms with Gasteiger partial charge in [0.05, 0.1) is 18.5 Å². The van der Waals surface area contributed by atoms with Gasteiger partial charge in [-0.05, 0) is 42.5 Å². The number of nitrogens with one attached hydrogen (secondary N) is 1. The molecule has 1 aromatic heterocycles. The van der Waals surface area contributed by atoms with Crippen LogP contribution in [0.2, 0.25) is 5.02 Å². The minimum absolute atomic E-state index is 0.250. The lowest BCUT2D eigenvalue weighted by Gasteiger charge is -2.11. The maximum absolute atomic E-state index is 12.5. The molecule has 0 bridgehead atoms. The second-order valence-electron chi connectivity index (χ2n) is 4.80. The molecule has 0 saturated heterocycles. The number of aromatic nitrogens is 2. The molecule has 2 aromatic carbocycles. The summed E-state index contributed by atoms with van der Waals surface area (Å²) >= 11 is 5.98. The molecule has 0 aliphatic heterocycles. The van der Waals surface area contributed by atoms with E-state index in [1.54, 1.807) is 47.3 Å². The third-order valence-corrected chi connectivity index (χ3v) is 3.52. The number of anilines is 1. The van der Waals surface area contributed by atoms with Crippen LogP contribution < -0.4 is 10.1 Å². The van der Waals surface area contributed by atoms with Crippen LogP contribution in [0, 0.1) is 0 Å². The second-order valence-corrected chi connectivity index (χ2v) is 5.24. The van der Waals surface area contributed by atoms with E-state index in [9.17, 15) is 4.79 Å². The van der Waals surface area contributed by atoms with Gasteiger partial charge in [-0.3, -0.25) is 4.79 Å². The molecular weight excluding hydrogens is 314 g/mol. The van der Waals surface area contributed by atoms with Crippen molar-refractivity contribution >= 4 is 23.2 Å². The van der Waals surface area contributed by atoms with Crippen LogP contribution in [0.4, 0.5) is 5.69 Å². The Hall–Kier alpha value is -2.79. The minimum atomic E-state index is -0.250. The lowest BCUT2D eigenvalue weighted by Crippen LogP contribution is -2.13. The Labute approximate surface area is 138 Å². The van der Waals surface area contributed by atoms with E-state index < -0.39 is 0 Å². The summed E-state index contributed by atoms with van der Waals surface area (Å²) in [5, 5.41) is 7.49. The monoisotopic (exact) mass is 327 g/mol. The summed E-state index contributed by atoms with van der Waals surface area (Å²) < 4.78 is 6.92. The van der Waals surface area contributed by atoms with Gasteiger partial charge in [-0.2, -0.15) is 5.10 Å². The number of rotatable bonds is 4. The number of hydrogen-bond donors (Lipinski definition) is 1. The standard InChI is InChI=1S/C17H14ClN3O2/c1-23-16-7-6-13(18)11-15(16)20-17(22)12-4-2-5-14(10-12)21-9-3-8-19-21/h2-11H,1H3,(H,20,22). The average Bonchev–Trinajstić information content (AvgIpc) is 3.10. The summed E-state index contributed by atoms with van der Waals surface area (Å²) in [7, 11) is 1.54. The predicted molar refractivity (Wildman–Crippen MR) is 89.5 cm³/mol. The van der Waals surface area contributed by atoms with E-state index >= 15 is 0 Å². The molecule has 5 nitrogen and oxygen atoms in total. The van der Waals surface area contributed by atoms with Crippen LogP contribution in [-0.4, -0.2) is 22.8 Å². The zero-order valence-corrected chi connectivity index (χ0v) is 13.1. The lowest BCUT2D eigenvalue weighted by atomic mass is 10.2. The third-order valence-electron chi connectivity index (χ3n) is 3.29. The number of hydrogen-bond acceptors (Lipinski definition) is 3. The molecule has 23 heavy (non-hydrogen) atoms. The topological polar surface area (TPSA) is 56.1 Å². The molecule has 0 aliphatic carbocycles. The number of carbonyl (C=O) groups is 1. The van der Waals surface area contributed by atoms with Gasteiger partial charge in [-0.25, -0.2) is 4.68 Å². The Morgan fingerprint density at radius 2 is 2.09 bits per heavy atom. The van der Waals surface area contributed by atoms with Crippen LogP contribution in [0.3, 0.4) is 0 Å². The highest BCUT2D eigenvalue weighted by molar-refractivity contribution is 6.31. The first-order chi connectivity index (χ1) is 11.2. The highest BCUT2D eigenvalue weighted by Gasteiger charge is 2.11. The Kier molecular flexibility index (Phi) is 4.30. The van der Waals surface area contributed by atoms with Gasteiger partial charge in [-0.15, -0.1) is 0 Å². The first-order valence-electron chi connectivity index (χ1n) is 6.92. The quantitative estimate of drug-likeness (QED) is 0.793. The molecule has 0 radical (unpaired) electrons. The van der Waals surface area contributed by atoms with Gasteiger partial charge >= 0.3 is 0 Å². The average molecular weight is 328 g/mol. The summed E-state index contributed by atoms with van der Waals surface area (Å²) in [5.41, 5.74) is 1.84. The molecule has 3 rings (SSSR count). The zero-order chi connectivity index (χ0) is 16.2. The van der Waals surface area contributed by atoms with Gasteiger partial charge in [0.15, 0.2) is 0 Å². The van der Waals surface area contributed by atoms with E-state index in [0.717, 1.165) is 5.69 Å². The Bertz CT molecular complexity index is 832. The maximum atomic E-state index is 12.5. The fourth-order valence-electron chi connectivity index (χ4n) is 2.18. The summed E-state index contributed by atoms with van der Waals surface area (Å²) in [6.45, 7) is 0. The van der Waals surface area contributed by atoms with Crippen molar-refractivity contribution in [3.05, 3.63) is 71.5 Å². The highest BCUT2D eigenvalue weighted by atomic mass is 35.5. The number of halogens is 1. The second kappa shape index (κ2) is 6.54. The first kappa shape index (κ1) is 15.1. The molecule has 116 valence electrons. The van der Waals surface area contributed by atoms with Crippen molar-refractivity contribution in [2.45, 2.75) is 0 Å². The van der Waals surface area contributed by atoms with Gasteiger partial charge in [0.1, 0.15) is 5.75 Å². The molecule has 0 unspecified atom stereocenters. The van der Waals surface area contributed by atoms with E-state index in [1.165, 1.54) is 7.11 Å². The molecule has 0 spiro atoms. The number of amides is 1. The lowest BCUT2D eigenvalue weighted by molar-refractivity contribution is 0.102. The molecule has 1 amide bonds. The highest BCUT2D eigenvalue weighted by Crippen LogP contribution is 2.28. The Morgan fingerprint density at radius 3 is 2.83 bits per heavy atom. The fourth-order valence-corrected chi connectivity index (χ4v) is 2.36. The number of methoxy groups -OCH3 is 1. The van der Waals surface area contributed by atoms with Crippen molar-refractivity contribution in [3.8, 4) is 11.4 Å². The molecule has 6 heteroatoms. The predicted octanol–water partition coefficient (Wildman–Crippen LogP) is 3.79. The van der Waals surface area contributed by atoms with Gasteiger partial charge < -0.3 is 10.1 Å². The van der Waals surface area contributed by atoms with Crippen molar-refractivity contribution in [2.24, 2.45) is 0 Å². The Balaban J connectivity index is 1.87. The van der Waals surface area contributed by atoms with Gasteiger partial charge in [0.25, 0.3) is 5.91 Å². The SMILES string of the molecule is COc1ccc(Cl)cc1NC(=O)c1cccc(-n2cccn2)c1. The third kappa shape index (κ3) is 3.35. The normalized spacial score (nSPS) is 10.3. The van der Waals surface area contributed by atoms with Crippen molar-refractivity contribution in [3.63, 3.8) is 0 Å². The van der Waals surface area contributed by atoms with Crippen LogP contribution in [0.5, 0.6) is 5.75 Å². The van der Waals surface area contributed by atoms with E-state index in [1.807, 2.05) is 18.3 Å². The molecule has 0 fully saturated rings. The van der Waals surface area contributed by atoms with Crippen molar-refractivity contribution < 1.29 is 9.53 Å². The van der Waals surface area contributed by atoms with E-state index in [4.69, 9.17) is 16.3 Å². The fraction of sp³-hybridized carbons (Fsp3) is 0.0588. The number of ether oxygens (including phenoxy) is 1. The van der Waals surface area contributed by atoms with Crippen LogP contribution >= 0.6 is 11.6 Å². The molecule has 0 atom stereocenters. The van der Waals surface area contributed by atoms with Gasteiger partial charge in [-0.1, -0.05) is 17.7 Å². The smallest absolute Gasteiger partial charge is 0.255 e. The molecular formula is C17H14ClN3O2. The Morgan fingerprint density at radius 1 is 1.22 bits per heavy atom. The molecule has 0 aliphatic rings. The van der Waals surface area contributed by atoms with Crippen LogP contribution in [0.25, 0.3) is 5.69 Å². The molecule has 1 N–H and O–H groups in total. The van der Waals surface area contributed by atoms with Gasteiger partial charge in [0.2, 0.25) is 0 Å². The maximum Gasteiger partial charge on any atom is 0.255 e. The van der Waals surface area contributed by atoms with E-state index in [-0.39, 0.29) is 5.91 Å². The molecule has 1 heterocycles. The summed E-state index contributed by atoms with van der Waals surface area (Å²) in [4.78, 5) is 12.5. The largest absolute Gasteiger partial charge is 0.495 e. The molecule has 0 saturated carbocycles. The number of nitrogens with zero attached hydrogens (tertiary/aromatic N) is 2. The number of benzene rings is 2. The van der Waals surface area contributed by atoms with Gasteiger partial charge in [0, 0.05) is 23.0 Å². The van der Waals surface area contributed by atoms with Crippen molar-refractivity contribution in [1.29, 1.82) is 0 Å². The first-order valence-corrected chi connectivity index (χ1v) is 7.30. The summed E-state index contributed by atoms with van der Waals surface area (Å²) in [6, 6.07) is 14.1. The zero-order valence-electron chi connectivity index (χ0n) is 12.4.